The zero-order valence-electron chi connectivity index (χ0n) is 15.9. The molecule has 4 rings (SSSR count). The fraction of sp³-hybridized carbons (Fsp3) is 0.318. The van der Waals surface area contributed by atoms with Crippen molar-refractivity contribution in [2.45, 2.75) is 26.3 Å². The van der Waals surface area contributed by atoms with Crippen LogP contribution in [0.4, 0.5) is 0 Å². The van der Waals surface area contributed by atoms with Gasteiger partial charge in [0, 0.05) is 28.6 Å². The number of aromatic nitrogens is 1. The lowest BCUT2D eigenvalue weighted by molar-refractivity contribution is -0.923. The Hall–Kier alpha value is -2.79. The summed E-state index contributed by atoms with van der Waals surface area (Å²) in [7, 11) is 1.52. The molecule has 2 N–H and O–H groups in total. The van der Waals surface area contributed by atoms with Crippen molar-refractivity contribution in [3.8, 4) is 11.5 Å². The first-order valence-electron chi connectivity index (χ1n) is 9.32. The number of fused-ring (bicyclic) bond motifs is 2. The normalized spacial score (nSPS) is 19.1. The van der Waals surface area contributed by atoms with Gasteiger partial charge in [0.05, 0.1) is 19.2 Å². The monoisotopic (exact) mass is 364 g/mol. The Bertz CT molecular complexity index is 1020. The fourth-order valence-electron chi connectivity index (χ4n) is 4.30. The van der Waals surface area contributed by atoms with E-state index < -0.39 is 0 Å². The van der Waals surface area contributed by atoms with Crippen molar-refractivity contribution >= 4 is 16.7 Å². The highest BCUT2D eigenvalue weighted by Crippen LogP contribution is 2.31. The summed E-state index contributed by atoms with van der Waals surface area (Å²) in [6.45, 7) is 5.35. The van der Waals surface area contributed by atoms with Gasteiger partial charge in [0.1, 0.15) is 18.3 Å². The number of H-pyrrole nitrogens is 1. The van der Waals surface area contributed by atoms with Crippen LogP contribution in [0.2, 0.25) is 0 Å². The highest BCUT2D eigenvalue weighted by molar-refractivity contribution is 6.09. The van der Waals surface area contributed by atoms with E-state index in [-0.39, 0.29) is 17.6 Å². The molecule has 0 bridgehead atoms. The molecule has 2 heterocycles. The molecular weight excluding hydrogens is 340 g/mol. The number of hydrogen-bond donors (Lipinski definition) is 2. The molecule has 0 spiro atoms. The number of ether oxygens (including phenoxy) is 1. The maximum absolute atomic E-state index is 13.1. The number of nitrogens with one attached hydrogen (secondary N) is 2. The second-order valence-corrected chi connectivity index (χ2v) is 7.35. The summed E-state index contributed by atoms with van der Waals surface area (Å²) in [5.74, 6) is 0.459. The number of hydrogen-bond acceptors (Lipinski definition) is 3. The van der Waals surface area contributed by atoms with Gasteiger partial charge in [-0.3, -0.25) is 4.79 Å². The van der Waals surface area contributed by atoms with E-state index in [1.165, 1.54) is 12.0 Å². The third kappa shape index (κ3) is 2.98. The molecule has 1 aliphatic rings. The Morgan fingerprint density at radius 2 is 2.11 bits per heavy atom. The number of quaternary nitrogens is 1. The zero-order chi connectivity index (χ0) is 19.1. The van der Waals surface area contributed by atoms with Gasteiger partial charge in [-0.15, -0.1) is 0 Å². The maximum Gasteiger partial charge on any atom is 0.219 e. The summed E-state index contributed by atoms with van der Waals surface area (Å²) in [6, 6.07) is 11.6. The summed E-state index contributed by atoms with van der Waals surface area (Å²) < 4.78 is 5.21. The molecular formula is C22H24N2O3. The number of methoxy groups -OCH3 is 1. The van der Waals surface area contributed by atoms with Crippen molar-refractivity contribution in [2.24, 2.45) is 0 Å². The van der Waals surface area contributed by atoms with Crippen molar-refractivity contribution in [3.63, 3.8) is 0 Å². The highest BCUT2D eigenvalue weighted by Gasteiger charge is 2.31. The van der Waals surface area contributed by atoms with Crippen LogP contribution in [0.1, 0.15) is 40.1 Å². The molecule has 1 aromatic heterocycles. The van der Waals surface area contributed by atoms with Crippen LogP contribution in [0.3, 0.4) is 0 Å². The molecule has 0 aliphatic carbocycles. The predicted octanol–water partition coefficient (Wildman–Crippen LogP) is 1.94. The number of ketones is 1. The summed E-state index contributed by atoms with van der Waals surface area (Å²) in [5.41, 5.74) is 4.90. The number of carbonyl (C=O) groups excluding carboxylic acids is 1. The minimum Gasteiger partial charge on any atom is -0.870 e. The largest absolute Gasteiger partial charge is 0.870 e. The van der Waals surface area contributed by atoms with Crippen LogP contribution >= 0.6 is 0 Å². The van der Waals surface area contributed by atoms with E-state index in [4.69, 9.17) is 4.74 Å². The van der Waals surface area contributed by atoms with Crippen molar-refractivity contribution in [2.75, 3.05) is 20.2 Å². The van der Waals surface area contributed by atoms with Gasteiger partial charge in [-0.25, -0.2) is 0 Å². The maximum atomic E-state index is 13.1. The molecule has 0 saturated heterocycles. The van der Waals surface area contributed by atoms with Gasteiger partial charge in [0.15, 0.2) is 0 Å². The molecule has 3 aromatic rings. The minimum atomic E-state index is -0.0719. The van der Waals surface area contributed by atoms with Crippen molar-refractivity contribution in [1.29, 1.82) is 0 Å². The first-order chi connectivity index (χ1) is 13.0. The third-order valence-electron chi connectivity index (χ3n) is 5.78. The molecule has 0 amide bonds. The smallest absolute Gasteiger partial charge is 0.219 e. The second-order valence-electron chi connectivity index (χ2n) is 7.35. The van der Waals surface area contributed by atoms with Gasteiger partial charge < -0.3 is 19.7 Å². The standard InChI is InChI=1S/C22H24N2O3/c1-13-22(16-6-4-5-7-18(16)23-13)20(26)12-24-9-8-15-10-19(25)21(27-3)11-17(15)14(24)2/h4-7,10-11,14,23,25H,8-9,12H2,1-3H3/t14-/m0/s1. The van der Waals surface area contributed by atoms with Crippen molar-refractivity contribution in [3.05, 3.63) is 58.8 Å². The number of aromatic amines is 1. The average molecular weight is 364 g/mol. The number of rotatable bonds is 4. The highest BCUT2D eigenvalue weighted by atomic mass is 16.5. The number of benzene rings is 2. The molecule has 1 aliphatic heterocycles. The Labute approximate surface area is 158 Å². The predicted molar refractivity (Wildman–Crippen MR) is 103 cm³/mol. The molecule has 1 unspecified atom stereocenters. The second kappa shape index (κ2) is 6.74. The van der Waals surface area contributed by atoms with E-state index in [0.29, 0.717) is 12.3 Å². The van der Waals surface area contributed by atoms with E-state index in [1.54, 1.807) is 6.07 Å². The van der Waals surface area contributed by atoms with Crippen molar-refractivity contribution in [1.82, 2.24) is 4.98 Å². The molecule has 2 atom stereocenters. The summed E-state index contributed by atoms with van der Waals surface area (Å²) in [4.78, 5) is 17.7. The van der Waals surface area contributed by atoms with E-state index in [1.807, 2.05) is 37.3 Å². The van der Waals surface area contributed by atoms with Crippen LogP contribution in [0, 0.1) is 6.92 Å². The Morgan fingerprint density at radius 1 is 1.33 bits per heavy atom. The quantitative estimate of drug-likeness (QED) is 0.695. The molecule has 0 saturated carbocycles. The first-order valence-corrected chi connectivity index (χ1v) is 9.32. The van der Waals surface area contributed by atoms with Crippen LogP contribution in [0.5, 0.6) is 11.5 Å². The lowest BCUT2D eigenvalue weighted by Gasteiger charge is -2.33. The van der Waals surface area contributed by atoms with Gasteiger partial charge in [0.25, 0.3) is 0 Å². The van der Waals surface area contributed by atoms with E-state index in [0.717, 1.165) is 46.3 Å². The molecule has 5 nitrogen and oxygen atoms in total. The van der Waals surface area contributed by atoms with Crippen LogP contribution < -0.4 is 14.7 Å². The molecule has 0 radical (unpaired) electrons. The zero-order valence-corrected chi connectivity index (χ0v) is 15.9. The lowest BCUT2D eigenvalue weighted by atomic mass is 9.92. The lowest BCUT2D eigenvalue weighted by Crippen LogP contribution is -3.13. The topological polar surface area (TPSA) is 69.6 Å². The molecule has 5 heteroatoms. The summed E-state index contributed by atoms with van der Waals surface area (Å²) in [5, 5.41) is 13.0. The molecule has 0 fully saturated rings. The van der Waals surface area contributed by atoms with Gasteiger partial charge in [-0.1, -0.05) is 30.0 Å². The SMILES string of the molecule is COc1cc2c(cc1[O-])CC[NH+](CC(=O)c1c(C)[nH]c3ccccc13)[C@H]2C. The summed E-state index contributed by atoms with van der Waals surface area (Å²) >= 11 is 0. The molecule has 27 heavy (non-hydrogen) atoms. The van der Waals surface area contributed by atoms with E-state index >= 15 is 0 Å². The number of aryl methyl sites for hydroxylation is 1. The Balaban J connectivity index is 1.62. The van der Waals surface area contributed by atoms with Gasteiger partial charge in [-0.05, 0) is 31.5 Å². The summed E-state index contributed by atoms with van der Waals surface area (Å²) in [6.07, 6.45) is 0.800. The Morgan fingerprint density at radius 3 is 2.89 bits per heavy atom. The number of Topliss-reactive ketones (excluding diaryl/α,β-unsaturated/α-hetero) is 1. The van der Waals surface area contributed by atoms with Crippen LogP contribution in [-0.2, 0) is 6.42 Å². The van der Waals surface area contributed by atoms with Crippen LogP contribution in [0.25, 0.3) is 10.9 Å². The average Bonchev–Trinajstić information content (AvgIpc) is 2.99. The molecule has 140 valence electrons. The third-order valence-corrected chi connectivity index (χ3v) is 5.78. The number of para-hydroxylation sites is 1. The Kier molecular flexibility index (Phi) is 4.40. The van der Waals surface area contributed by atoms with Crippen LogP contribution in [-0.4, -0.2) is 31.0 Å². The van der Waals surface area contributed by atoms with Crippen LogP contribution in [0.15, 0.2) is 36.4 Å². The van der Waals surface area contributed by atoms with Gasteiger partial charge >= 0.3 is 0 Å². The minimum absolute atomic E-state index is 0.0719. The first kappa shape index (κ1) is 17.6. The van der Waals surface area contributed by atoms with Crippen molar-refractivity contribution < 1.29 is 19.5 Å². The fourth-order valence-corrected chi connectivity index (χ4v) is 4.30. The molecule has 2 aromatic carbocycles. The number of carbonyl (C=O) groups is 1. The van der Waals surface area contributed by atoms with Gasteiger partial charge in [-0.2, -0.15) is 0 Å². The van der Waals surface area contributed by atoms with Gasteiger partial charge in [0.2, 0.25) is 5.78 Å². The van der Waals surface area contributed by atoms with E-state index in [9.17, 15) is 9.90 Å². The van der Waals surface area contributed by atoms with E-state index in [2.05, 4.69) is 11.9 Å².